The Hall–Kier alpha value is -1.42. The Bertz CT molecular complexity index is 554. The van der Waals surface area contributed by atoms with Gasteiger partial charge in [0.15, 0.2) is 5.65 Å². The first-order chi connectivity index (χ1) is 8.88. The van der Waals surface area contributed by atoms with Crippen LogP contribution >= 0.6 is 0 Å². The zero-order chi connectivity index (χ0) is 14.0. The number of nitrogens with zero attached hydrogens (tertiary/aromatic N) is 3. The van der Waals surface area contributed by atoms with Gasteiger partial charge in [-0.05, 0) is 18.3 Å². The van der Waals surface area contributed by atoms with Crippen LogP contribution in [-0.2, 0) is 6.54 Å². The van der Waals surface area contributed by atoms with Crippen LogP contribution in [0.25, 0.3) is 5.65 Å². The first kappa shape index (κ1) is 14.0. The average molecular weight is 260 g/mol. The lowest BCUT2D eigenvalue weighted by Crippen LogP contribution is -2.33. The summed E-state index contributed by atoms with van der Waals surface area (Å²) in [4.78, 5) is 4.41. The second kappa shape index (κ2) is 5.29. The molecule has 4 nitrogen and oxygen atoms in total. The van der Waals surface area contributed by atoms with Crippen LogP contribution < -0.4 is 5.32 Å². The van der Waals surface area contributed by atoms with Crippen molar-refractivity contribution in [1.29, 1.82) is 0 Å². The normalized spacial score (nSPS) is 12.5. The monoisotopic (exact) mass is 260 g/mol. The summed E-state index contributed by atoms with van der Waals surface area (Å²) in [6.45, 7) is 12.9. The molecule has 2 heterocycles. The van der Waals surface area contributed by atoms with Gasteiger partial charge in [0, 0.05) is 37.1 Å². The number of rotatable bonds is 5. The molecule has 0 saturated carbocycles. The fourth-order valence-corrected chi connectivity index (χ4v) is 1.86. The van der Waals surface area contributed by atoms with Gasteiger partial charge in [-0.25, -0.2) is 9.50 Å². The molecule has 2 aromatic rings. The molecule has 0 aliphatic heterocycles. The molecule has 0 radical (unpaired) electrons. The molecule has 0 spiro atoms. The predicted molar refractivity (Wildman–Crippen MR) is 78.0 cm³/mol. The molecule has 0 amide bonds. The van der Waals surface area contributed by atoms with Gasteiger partial charge in [0.2, 0.25) is 0 Å². The lowest BCUT2D eigenvalue weighted by Gasteiger charge is -2.29. The maximum absolute atomic E-state index is 4.41. The van der Waals surface area contributed by atoms with Crippen molar-refractivity contribution in [2.24, 2.45) is 11.3 Å². The van der Waals surface area contributed by atoms with E-state index in [0.717, 1.165) is 30.0 Å². The lowest BCUT2D eigenvalue weighted by atomic mass is 9.81. The summed E-state index contributed by atoms with van der Waals surface area (Å²) in [5.41, 5.74) is 3.37. The van der Waals surface area contributed by atoms with Crippen LogP contribution in [-0.4, -0.2) is 21.1 Å². The van der Waals surface area contributed by atoms with E-state index in [1.807, 2.05) is 29.9 Å². The first-order valence-electron chi connectivity index (χ1n) is 6.90. The van der Waals surface area contributed by atoms with Gasteiger partial charge in [0.05, 0.1) is 5.69 Å². The zero-order valence-corrected chi connectivity index (χ0v) is 12.6. The summed E-state index contributed by atoms with van der Waals surface area (Å²) in [6.07, 6.45) is 3.97. The van der Waals surface area contributed by atoms with Crippen LogP contribution in [0.4, 0.5) is 0 Å². The number of aromatic nitrogens is 3. The minimum atomic E-state index is 0.305. The summed E-state index contributed by atoms with van der Waals surface area (Å²) < 4.78 is 1.85. The predicted octanol–water partition coefficient (Wildman–Crippen LogP) is 2.81. The molecule has 0 unspecified atom stereocenters. The topological polar surface area (TPSA) is 42.2 Å². The fraction of sp³-hybridized carbons (Fsp3) is 0.600. The molecular formula is C15H24N4. The minimum Gasteiger partial charge on any atom is -0.312 e. The number of hydrogen-bond acceptors (Lipinski definition) is 3. The van der Waals surface area contributed by atoms with Gasteiger partial charge >= 0.3 is 0 Å². The molecule has 0 aromatic carbocycles. The van der Waals surface area contributed by atoms with Crippen molar-refractivity contribution >= 4 is 5.65 Å². The molecule has 2 rings (SSSR count). The molecule has 0 saturated heterocycles. The smallest absolute Gasteiger partial charge is 0.155 e. The van der Waals surface area contributed by atoms with E-state index in [2.05, 4.69) is 43.1 Å². The van der Waals surface area contributed by atoms with E-state index in [1.54, 1.807) is 0 Å². The van der Waals surface area contributed by atoms with Crippen LogP contribution in [0, 0.1) is 18.3 Å². The highest BCUT2D eigenvalue weighted by molar-refractivity contribution is 5.38. The number of fused-ring (bicyclic) bond motifs is 1. The molecule has 2 aromatic heterocycles. The Morgan fingerprint density at radius 1 is 1.37 bits per heavy atom. The van der Waals surface area contributed by atoms with E-state index in [1.165, 1.54) is 0 Å². The second-order valence-electron chi connectivity index (χ2n) is 6.30. The van der Waals surface area contributed by atoms with Crippen LogP contribution in [0.1, 0.15) is 39.0 Å². The van der Waals surface area contributed by atoms with Gasteiger partial charge in [-0.2, -0.15) is 5.10 Å². The Kier molecular flexibility index (Phi) is 3.90. The molecular weight excluding hydrogens is 236 g/mol. The molecule has 1 N–H and O–H groups in total. The van der Waals surface area contributed by atoms with Crippen molar-refractivity contribution in [3.05, 3.63) is 29.7 Å². The Balaban J connectivity index is 1.98. The lowest BCUT2D eigenvalue weighted by molar-refractivity contribution is 0.238. The molecule has 0 aliphatic carbocycles. The Morgan fingerprint density at radius 2 is 2.11 bits per heavy atom. The van der Waals surface area contributed by atoms with E-state index < -0.39 is 0 Å². The van der Waals surface area contributed by atoms with Gasteiger partial charge in [0.1, 0.15) is 0 Å². The summed E-state index contributed by atoms with van der Waals surface area (Å²) in [6, 6.07) is 1.99. The maximum atomic E-state index is 4.41. The van der Waals surface area contributed by atoms with Crippen molar-refractivity contribution < 1.29 is 0 Å². The Labute approximate surface area is 115 Å². The van der Waals surface area contributed by atoms with E-state index in [4.69, 9.17) is 0 Å². The van der Waals surface area contributed by atoms with Gasteiger partial charge in [-0.3, -0.25) is 0 Å². The highest BCUT2D eigenvalue weighted by Gasteiger charge is 2.21. The van der Waals surface area contributed by atoms with Crippen molar-refractivity contribution in [1.82, 2.24) is 19.9 Å². The van der Waals surface area contributed by atoms with Gasteiger partial charge in [0.25, 0.3) is 0 Å². The fourth-order valence-electron chi connectivity index (χ4n) is 1.86. The van der Waals surface area contributed by atoms with E-state index >= 15 is 0 Å². The Morgan fingerprint density at radius 3 is 2.79 bits per heavy atom. The van der Waals surface area contributed by atoms with Crippen LogP contribution in [0.5, 0.6) is 0 Å². The third-order valence-corrected chi connectivity index (χ3v) is 3.96. The van der Waals surface area contributed by atoms with E-state index in [-0.39, 0.29) is 0 Å². The van der Waals surface area contributed by atoms with Gasteiger partial charge in [-0.15, -0.1) is 0 Å². The van der Waals surface area contributed by atoms with Gasteiger partial charge < -0.3 is 5.32 Å². The zero-order valence-electron chi connectivity index (χ0n) is 12.6. The van der Waals surface area contributed by atoms with Crippen molar-refractivity contribution in [2.75, 3.05) is 6.54 Å². The van der Waals surface area contributed by atoms with Crippen molar-refractivity contribution in [2.45, 2.75) is 41.2 Å². The molecule has 104 valence electrons. The van der Waals surface area contributed by atoms with E-state index in [9.17, 15) is 0 Å². The van der Waals surface area contributed by atoms with Crippen molar-refractivity contribution in [3.8, 4) is 0 Å². The molecule has 4 heteroatoms. The quantitative estimate of drug-likeness (QED) is 0.899. The number of hydrogen-bond donors (Lipinski definition) is 1. The molecule has 19 heavy (non-hydrogen) atoms. The van der Waals surface area contributed by atoms with E-state index in [0.29, 0.717) is 11.3 Å². The van der Waals surface area contributed by atoms with Crippen LogP contribution in [0.15, 0.2) is 18.5 Å². The van der Waals surface area contributed by atoms with Crippen LogP contribution in [0.2, 0.25) is 0 Å². The highest BCUT2D eigenvalue weighted by atomic mass is 15.2. The van der Waals surface area contributed by atoms with Gasteiger partial charge in [-0.1, -0.05) is 27.7 Å². The second-order valence-corrected chi connectivity index (χ2v) is 6.30. The SMILES string of the molecule is Cc1cc2ncc(CNCC(C)(C)C(C)C)cn2n1. The summed E-state index contributed by atoms with van der Waals surface area (Å²) in [5, 5.41) is 7.90. The largest absolute Gasteiger partial charge is 0.312 e. The standard InChI is InChI=1S/C15H24N4/c1-11(2)15(4,5)10-16-7-13-8-17-14-6-12(3)18-19(14)9-13/h6,8-9,11,16H,7,10H2,1-5H3. The van der Waals surface area contributed by atoms with Crippen molar-refractivity contribution in [3.63, 3.8) is 0 Å². The number of aryl methyl sites for hydroxylation is 1. The molecule has 0 bridgehead atoms. The maximum Gasteiger partial charge on any atom is 0.155 e. The third kappa shape index (κ3) is 3.32. The summed E-state index contributed by atoms with van der Waals surface area (Å²) >= 11 is 0. The summed E-state index contributed by atoms with van der Waals surface area (Å²) in [5.74, 6) is 0.661. The average Bonchev–Trinajstić information content (AvgIpc) is 2.68. The first-order valence-corrected chi connectivity index (χ1v) is 6.90. The molecule has 0 fully saturated rings. The summed E-state index contributed by atoms with van der Waals surface area (Å²) in [7, 11) is 0. The number of nitrogens with one attached hydrogen (secondary N) is 1. The highest BCUT2D eigenvalue weighted by Crippen LogP contribution is 2.24. The third-order valence-electron chi connectivity index (χ3n) is 3.96. The van der Waals surface area contributed by atoms with Crippen LogP contribution in [0.3, 0.4) is 0 Å². The minimum absolute atomic E-state index is 0.305. The molecule has 0 atom stereocenters. The molecule has 0 aliphatic rings.